The second-order valence-corrected chi connectivity index (χ2v) is 14.6. The third-order valence-corrected chi connectivity index (χ3v) is 10.2. The largest absolute Gasteiger partial charge is 0.489 e. The van der Waals surface area contributed by atoms with Gasteiger partial charge in [0.25, 0.3) is 5.91 Å². The summed E-state index contributed by atoms with van der Waals surface area (Å²) in [5.41, 5.74) is 13.9. The number of carbonyl (C=O) groups excluding carboxylic acids is 4. The molecular formula is C49H57N5O7. The summed E-state index contributed by atoms with van der Waals surface area (Å²) in [7, 11) is 0. The first-order valence-electron chi connectivity index (χ1n) is 20.8. The fourth-order valence-electron chi connectivity index (χ4n) is 7.07. The number of esters is 1. The Bertz CT molecular complexity index is 2260. The van der Waals surface area contributed by atoms with Gasteiger partial charge >= 0.3 is 5.97 Å². The molecule has 0 saturated heterocycles. The highest BCUT2D eigenvalue weighted by Gasteiger charge is 2.30. The molecule has 0 radical (unpaired) electrons. The molecule has 0 fully saturated rings. The van der Waals surface area contributed by atoms with Crippen molar-refractivity contribution in [2.24, 2.45) is 11.5 Å². The Balaban J connectivity index is 1.35. The van der Waals surface area contributed by atoms with E-state index >= 15 is 0 Å². The van der Waals surface area contributed by atoms with Gasteiger partial charge < -0.3 is 41.6 Å². The van der Waals surface area contributed by atoms with E-state index in [9.17, 15) is 19.2 Å². The van der Waals surface area contributed by atoms with Gasteiger partial charge in [0.15, 0.2) is 6.61 Å². The number of benzene rings is 5. The summed E-state index contributed by atoms with van der Waals surface area (Å²) in [6.45, 7) is 8.26. The molecule has 3 atom stereocenters. The Labute approximate surface area is 357 Å². The molecule has 0 heterocycles. The van der Waals surface area contributed by atoms with Gasteiger partial charge in [-0.05, 0) is 97.3 Å². The van der Waals surface area contributed by atoms with Crippen LogP contribution in [0.5, 0.6) is 11.5 Å². The van der Waals surface area contributed by atoms with Gasteiger partial charge in [-0.1, -0.05) is 110 Å². The van der Waals surface area contributed by atoms with Crippen LogP contribution in [0.15, 0.2) is 128 Å². The van der Waals surface area contributed by atoms with E-state index in [1.54, 1.807) is 6.08 Å². The molecule has 5 aromatic rings. The van der Waals surface area contributed by atoms with Crippen molar-refractivity contribution >= 4 is 45.2 Å². The minimum absolute atomic E-state index is 0.0320. The first-order valence-corrected chi connectivity index (χ1v) is 20.8. The van der Waals surface area contributed by atoms with Gasteiger partial charge in [0.2, 0.25) is 11.8 Å². The molecule has 0 aliphatic rings. The molecule has 0 aliphatic heterocycles. The predicted molar refractivity (Wildman–Crippen MR) is 241 cm³/mol. The maximum absolute atomic E-state index is 14.0. The van der Waals surface area contributed by atoms with Crippen LogP contribution < -0.4 is 36.9 Å². The highest BCUT2D eigenvalue weighted by Crippen LogP contribution is 2.45. The minimum atomic E-state index is -1.03. The summed E-state index contributed by atoms with van der Waals surface area (Å²) in [5.74, 6) is -1.22. The second-order valence-electron chi connectivity index (χ2n) is 14.6. The van der Waals surface area contributed by atoms with E-state index in [-0.39, 0.29) is 32.5 Å². The summed E-state index contributed by atoms with van der Waals surface area (Å²) in [4.78, 5) is 54.6. The quantitative estimate of drug-likeness (QED) is 0.0245. The standard InChI is InChI=1S/C49H57N5O7/c1-3-16-41(49(58)61-32-34-17-6-5-7-18-34)54-48(57)40(24-13-15-30-51)53-47(56)39(23-12-14-29-50)52-44(55)33-60-43-28-26-36-20-9-11-22-38(36)46(43)45-37-21-10-8-19-35(37)25-27-42(45)59-31-4-2/h3-11,17-22,25-28,39-41H,1-2,12-16,23-24,29-33,50-51H2,(H,52,55)(H,53,56)(H,54,57)/t39-,40-,41+/m1/s1. The molecule has 12 heteroatoms. The summed E-state index contributed by atoms with van der Waals surface area (Å²) in [5, 5.41) is 12.2. The summed E-state index contributed by atoms with van der Waals surface area (Å²) in [6.07, 6.45) is 6.12. The Morgan fingerprint density at radius 1 is 0.590 bits per heavy atom. The van der Waals surface area contributed by atoms with E-state index < -0.39 is 48.4 Å². The molecule has 0 unspecified atom stereocenters. The lowest BCUT2D eigenvalue weighted by atomic mass is 9.92. The third-order valence-electron chi connectivity index (χ3n) is 10.2. The number of hydrogen-bond acceptors (Lipinski definition) is 9. The fraction of sp³-hybridized carbons (Fsp3) is 0.306. The normalized spacial score (nSPS) is 12.4. The Hall–Kier alpha value is -6.50. The average molecular weight is 828 g/mol. The predicted octanol–water partition coefficient (Wildman–Crippen LogP) is 6.64. The SMILES string of the molecule is C=CCOc1ccc2ccccc2c1-c1c(OCC(=O)N[C@H](CCCCN)C(=O)N[C@H](CCCCN)C(=O)N[C@@H](CC=C)C(=O)OCc2ccccc2)ccc2ccccc12. The van der Waals surface area contributed by atoms with E-state index in [0.717, 1.165) is 38.2 Å². The molecule has 5 rings (SSSR count). The Morgan fingerprint density at radius 3 is 1.67 bits per heavy atom. The van der Waals surface area contributed by atoms with Crippen LogP contribution >= 0.6 is 0 Å². The van der Waals surface area contributed by atoms with Crippen LogP contribution in [0, 0.1) is 0 Å². The van der Waals surface area contributed by atoms with Crippen LogP contribution in [0.4, 0.5) is 0 Å². The number of unbranched alkanes of at least 4 members (excludes halogenated alkanes) is 2. The average Bonchev–Trinajstić information content (AvgIpc) is 3.28. The van der Waals surface area contributed by atoms with Crippen molar-refractivity contribution in [2.75, 3.05) is 26.3 Å². The highest BCUT2D eigenvalue weighted by atomic mass is 16.5. The molecule has 0 bridgehead atoms. The van der Waals surface area contributed by atoms with Crippen LogP contribution in [0.3, 0.4) is 0 Å². The molecular weight excluding hydrogens is 771 g/mol. The molecule has 5 aromatic carbocycles. The van der Waals surface area contributed by atoms with E-state index in [4.69, 9.17) is 25.7 Å². The number of rotatable bonds is 25. The van der Waals surface area contributed by atoms with Crippen LogP contribution in [0.1, 0.15) is 50.5 Å². The topological polar surface area (TPSA) is 184 Å². The van der Waals surface area contributed by atoms with Crippen LogP contribution in [-0.2, 0) is 30.5 Å². The molecule has 320 valence electrons. The van der Waals surface area contributed by atoms with Crippen LogP contribution in [0.2, 0.25) is 0 Å². The minimum Gasteiger partial charge on any atom is -0.489 e. The number of ether oxygens (including phenoxy) is 3. The molecule has 0 aromatic heterocycles. The summed E-state index contributed by atoms with van der Waals surface area (Å²) < 4.78 is 18.0. The lowest BCUT2D eigenvalue weighted by Crippen LogP contribution is -2.56. The zero-order valence-corrected chi connectivity index (χ0v) is 34.6. The zero-order valence-electron chi connectivity index (χ0n) is 34.6. The smallest absolute Gasteiger partial charge is 0.329 e. The van der Waals surface area contributed by atoms with E-state index in [1.165, 1.54) is 6.08 Å². The first kappa shape index (κ1) is 45.6. The van der Waals surface area contributed by atoms with Crippen molar-refractivity contribution < 1.29 is 33.4 Å². The van der Waals surface area contributed by atoms with Crippen LogP contribution in [0.25, 0.3) is 32.7 Å². The number of nitrogens with two attached hydrogens (primary N) is 2. The van der Waals surface area contributed by atoms with Gasteiger partial charge in [0.05, 0.1) is 0 Å². The summed E-state index contributed by atoms with van der Waals surface area (Å²) >= 11 is 0. The number of hydrogen-bond donors (Lipinski definition) is 5. The molecule has 0 saturated carbocycles. The van der Waals surface area contributed by atoms with Gasteiger partial charge in [0.1, 0.15) is 42.8 Å². The number of fused-ring (bicyclic) bond motifs is 2. The molecule has 7 N–H and O–H groups in total. The van der Waals surface area contributed by atoms with Gasteiger partial charge in [-0.2, -0.15) is 0 Å². The molecule has 61 heavy (non-hydrogen) atoms. The Morgan fingerprint density at radius 2 is 1.11 bits per heavy atom. The molecule has 3 amide bonds. The van der Waals surface area contributed by atoms with E-state index in [0.29, 0.717) is 50.3 Å². The molecule has 0 aliphatic carbocycles. The van der Waals surface area contributed by atoms with E-state index in [2.05, 4.69) is 29.1 Å². The fourth-order valence-corrected chi connectivity index (χ4v) is 7.07. The third kappa shape index (κ3) is 13.0. The molecule has 12 nitrogen and oxygen atoms in total. The van der Waals surface area contributed by atoms with Crippen molar-refractivity contribution in [1.29, 1.82) is 0 Å². The van der Waals surface area contributed by atoms with Crippen LogP contribution in [-0.4, -0.2) is 68.1 Å². The van der Waals surface area contributed by atoms with Crippen molar-refractivity contribution in [2.45, 2.75) is 69.7 Å². The van der Waals surface area contributed by atoms with Gasteiger partial charge in [-0.15, -0.1) is 6.58 Å². The lowest BCUT2D eigenvalue weighted by Gasteiger charge is -2.25. The second kappa shape index (κ2) is 23.9. The zero-order chi connectivity index (χ0) is 43.4. The van der Waals surface area contributed by atoms with Crippen molar-refractivity contribution in [3.63, 3.8) is 0 Å². The van der Waals surface area contributed by atoms with Gasteiger partial charge in [0, 0.05) is 11.1 Å². The van der Waals surface area contributed by atoms with E-state index in [1.807, 2.05) is 103 Å². The van der Waals surface area contributed by atoms with Gasteiger partial charge in [-0.25, -0.2) is 4.79 Å². The Kier molecular flexibility index (Phi) is 17.9. The number of amides is 3. The molecule has 0 spiro atoms. The van der Waals surface area contributed by atoms with Gasteiger partial charge in [-0.3, -0.25) is 14.4 Å². The lowest BCUT2D eigenvalue weighted by molar-refractivity contribution is -0.149. The van der Waals surface area contributed by atoms with Crippen molar-refractivity contribution in [3.8, 4) is 22.6 Å². The maximum Gasteiger partial charge on any atom is 0.329 e. The monoisotopic (exact) mass is 827 g/mol. The first-order chi connectivity index (χ1) is 29.8. The highest BCUT2D eigenvalue weighted by molar-refractivity contribution is 6.10. The maximum atomic E-state index is 14.0. The summed E-state index contributed by atoms with van der Waals surface area (Å²) in [6, 6.07) is 29.7. The number of carbonyl (C=O) groups is 4. The van der Waals surface area contributed by atoms with Crippen molar-refractivity contribution in [3.05, 3.63) is 134 Å². The van der Waals surface area contributed by atoms with Crippen molar-refractivity contribution in [1.82, 2.24) is 16.0 Å². The number of nitrogens with one attached hydrogen (secondary N) is 3.